The molecule has 0 heterocycles. The average Bonchev–Trinajstić information content (AvgIpc) is 2.29. The van der Waals surface area contributed by atoms with Crippen LogP contribution in [0.3, 0.4) is 0 Å². The van der Waals surface area contributed by atoms with Gasteiger partial charge in [-0.15, -0.1) is 0 Å². The first-order valence-corrected chi connectivity index (χ1v) is 5.49. The SMILES string of the molecule is CCc1ccc(C(=O)O)cc1NCCCN. The summed E-state index contributed by atoms with van der Waals surface area (Å²) in [7, 11) is 0. The number of carboxylic acids is 1. The van der Waals surface area contributed by atoms with Gasteiger partial charge in [-0.05, 0) is 37.1 Å². The van der Waals surface area contributed by atoms with Crippen LogP contribution in [0.15, 0.2) is 18.2 Å². The van der Waals surface area contributed by atoms with Gasteiger partial charge >= 0.3 is 5.97 Å². The predicted molar refractivity (Wildman–Crippen MR) is 64.9 cm³/mol. The first-order valence-electron chi connectivity index (χ1n) is 5.49. The first kappa shape index (κ1) is 12.5. The number of nitrogens with two attached hydrogens (primary N) is 1. The van der Waals surface area contributed by atoms with E-state index in [0.717, 1.165) is 30.6 Å². The van der Waals surface area contributed by atoms with Gasteiger partial charge in [0.15, 0.2) is 0 Å². The number of nitrogens with one attached hydrogen (secondary N) is 1. The van der Waals surface area contributed by atoms with Gasteiger partial charge in [0.1, 0.15) is 0 Å². The summed E-state index contributed by atoms with van der Waals surface area (Å²) in [5.41, 5.74) is 7.75. The van der Waals surface area contributed by atoms with Gasteiger partial charge in [-0.3, -0.25) is 0 Å². The number of carbonyl (C=O) groups is 1. The minimum absolute atomic E-state index is 0.312. The van der Waals surface area contributed by atoms with Crippen LogP contribution in [0, 0.1) is 0 Å². The Morgan fingerprint density at radius 3 is 2.81 bits per heavy atom. The Bertz CT molecular complexity index is 364. The molecule has 0 aliphatic heterocycles. The second-order valence-corrected chi connectivity index (χ2v) is 3.60. The molecule has 0 bridgehead atoms. The summed E-state index contributed by atoms with van der Waals surface area (Å²) in [4.78, 5) is 10.8. The second-order valence-electron chi connectivity index (χ2n) is 3.60. The molecule has 0 aromatic heterocycles. The molecule has 4 N–H and O–H groups in total. The smallest absolute Gasteiger partial charge is 0.335 e. The summed E-state index contributed by atoms with van der Waals surface area (Å²) in [6.45, 7) is 3.45. The highest BCUT2D eigenvalue weighted by atomic mass is 16.4. The maximum Gasteiger partial charge on any atom is 0.335 e. The molecule has 0 spiro atoms. The molecule has 4 heteroatoms. The largest absolute Gasteiger partial charge is 0.478 e. The first-order chi connectivity index (χ1) is 7.69. The third-order valence-electron chi connectivity index (χ3n) is 2.43. The Labute approximate surface area is 95.5 Å². The second kappa shape index (κ2) is 6.12. The molecule has 0 amide bonds. The lowest BCUT2D eigenvalue weighted by Crippen LogP contribution is -2.10. The molecule has 0 unspecified atom stereocenters. The number of benzene rings is 1. The summed E-state index contributed by atoms with van der Waals surface area (Å²) in [6, 6.07) is 5.17. The zero-order valence-corrected chi connectivity index (χ0v) is 9.49. The van der Waals surface area contributed by atoms with Gasteiger partial charge in [0.05, 0.1) is 5.56 Å². The number of carboxylic acid groups (broad SMARTS) is 1. The van der Waals surface area contributed by atoms with Crippen molar-refractivity contribution in [2.75, 3.05) is 18.4 Å². The zero-order chi connectivity index (χ0) is 12.0. The molecule has 4 nitrogen and oxygen atoms in total. The van der Waals surface area contributed by atoms with E-state index in [1.165, 1.54) is 0 Å². The summed E-state index contributed by atoms with van der Waals surface area (Å²) in [5, 5.41) is 12.1. The molecular formula is C12H18N2O2. The van der Waals surface area contributed by atoms with Gasteiger partial charge < -0.3 is 16.2 Å². The third kappa shape index (κ3) is 3.24. The summed E-state index contributed by atoms with van der Waals surface area (Å²) in [5.74, 6) is -0.899. The van der Waals surface area contributed by atoms with Crippen LogP contribution < -0.4 is 11.1 Å². The van der Waals surface area contributed by atoms with Crippen molar-refractivity contribution >= 4 is 11.7 Å². The number of hydrogen-bond donors (Lipinski definition) is 3. The number of aromatic carboxylic acids is 1. The molecule has 88 valence electrons. The number of anilines is 1. The molecule has 1 rings (SSSR count). The van der Waals surface area contributed by atoms with E-state index in [1.807, 2.05) is 13.0 Å². The molecular weight excluding hydrogens is 204 g/mol. The Morgan fingerprint density at radius 2 is 2.25 bits per heavy atom. The molecule has 0 saturated carbocycles. The highest BCUT2D eigenvalue weighted by Gasteiger charge is 2.06. The van der Waals surface area contributed by atoms with Crippen LogP contribution >= 0.6 is 0 Å². The Morgan fingerprint density at radius 1 is 1.50 bits per heavy atom. The van der Waals surface area contributed by atoms with Crippen molar-refractivity contribution in [3.63, 3.8) is 0 Å². The standard InChI is InChI=1S/C12H18N2O2/c1-2-9-4-5-10(12(15)16)8-11(9)14-7-3-6-13/h4-5,8,14H,2-3,6-7,13H2,1H3,(H,15,16). The minimum Gasteiger partial charge on any atom is -0.478 e. The van der Waals surface area contributed by atoms with Crippen LogP contribution in [0.2, 0.25) is 0 Å². The lowest BCUT2D eigenvalue weighted by molar-refractivity contribution is 0.0697. The van der Waals surface area contributed by atoms with E-state index in [9.17, 15) is 4.79 Å². The van der Waals surface area contributed by atoms with Crippen molar-refractivity contribution in [3.8, 4) is 0 Å². The molecule has 1 aromatic rings. The van der Waals surface area contributed by atoms with Gasteiger partial charge in [0.25, 0.3) is 0 Å². The van der Waals surface area contributed by atoms with Crippen molar-refractivity contribution in [2.24, 2.45) is 5.73 Å². The topological polar surface area (TPSA) is 75.3 Å². The van der Waals surface area contributed by atoms with Crippen LogP contribution in [0.4, 0.5) is 5.69 Å². The lowest BCUT2D eigenvalue weighted by Gasteiger charge is -2.11. The van der Waals surface area contributed by atoms with Gasteiger partial charge in [0.2, 0.25) is 0 Å². The molecule has 0 radical (unpaired) electrons. The number of hydrogen-bond acceptors (Lipinski definition) is 3. The summed E-state index contributed by atoms with van der Waals surface area (Å²) < 4.78 is 0. The van der Waals surface area contributed by atoms with E-state index >= 15 is 0 Å². The average molecular weight is 222 g/mol. The van der Waals surface area contributed by atoms with E-state index in [1.54, 1.807) is 12.1 Å². The highest BCUT2D eigenvalue weighted by Crippen LogP contribution is 2.18. The third-order valence-corrected chi connectivity index (χ3v) is 2.43. The maximum absolute atomic E-state index is 10.8. The van der Waals surface area contributed by atoms with Crippen molar-refractivity contribution in [1.29, 1.82) is 0 Å². The van der Waals surface area contributed by atoms with Crippen molar-refractivity contribution in [1.82, 2.24) is 0 Å². The van der Waals surface area contributed by atoms with E-state index < -0.39 is 5.97 Å². The van der Waals surface area contributed by atoms with Crippen LogP contribution in [-0.2, 0) is 6.42 Å². The van der Waals surface area contributed by atoms with E-state index in [4.69, 9.17) is 10.8 Å². The molecule has 16 heavy (non-hydrogen) atoms. The van der Waals surface area contributed by atoms with Gasteiger partial charge in [-0.25, -0.2) is 4.79 Å². The van der Waals surface area contributed by atoms with Crippen LogP contribution in [-0.4, -0.2) is 24.2 Å². The maximum atomic E-state index is 10.8. The zero-order valence-electron chi connectivity index (χ0n) is 9.49. The fourth-order valence-corrected chi connectivity index (χ4v) is 1.51. The highest BCUT2D eigenvalue weighted by molar-refractivity contribution is 5.89. The van der Waals surface area contributed by atoms with Gasteiger partial charge in [-0.2, -0.15) is 0 Å². The summed E-state index contributed by atoms with van der Waals surface area (Å²) in [6.07, 6.45) is 1.76. The molecule has 0 saturated heterocycles. The summed E-state index contributed by atoms with van der Waals surface area (Å²) >= 11 is 0. The number of rotatable bonds is 6. The van der Waals surface area contributed by atoms with Gasteiger partial charge in [0, 0.05) is 12.2 Å². The molecule has 0 aliphatic carbocycles. The molecule has 0 fully saturated rings. The van der Waals surface area contributed by atoms with E-state index in [2.05, 4.69) is 5.32 Å². The Kier molecular flexibility index (Phi) is 4.79. The van der Waals surface area contributed by atoms with Crippen molar-refractivity contribution < 1.29 is 9.90 Å². The monoisotopic (exact) mass is 222 g/mol. The van der Waals surface area contributed by atoms with E-state index in [-0.39, 0.29) is 0 Å². The Balaban J connectivity index is 2.84. The molecule has 0 aliphatic rings. The molecule has 0 atom stereocenters. The fraction of sp³-hybridized carbons (Fsp3) is 0.417. The minimum atomic E-state index is -0.899. The quantitative estimate of drug-likeness (QED) is 0.640. The number of aryl methyl sites for hydroxylation is 1. The van der Waals surface area contributed by atoms with Crippen molar-refractivity contribution in [3.05, 3.63) is 29.3 Å². The van der Waals surface area contributed by atoms with Crippen LogP contribution in [0.25, 0.3) is 0 Å². The lowest BCUT2D eigenvalue weighted by atomic mass is 10.1. The Hall–Kier alpha value is -1.55. The molecule has 1 aromatic carbocycles. The normalized spacial score (nSPS) is 10.1. The predicted octanol–water partition coefficient (Wildman–Crippen LogP) is 1.71. The van der Waals surface area contributed by atoms with Crippen LogP contribution in [0.5, 0.6) is 0 Å². The fourth-order valence-electron chi connectivity index (χ4n) is 1.51. The van der Waals surface area contributed by atoms with E-state index in [0.29, 0.717) is 12.1 Å². The van der Waals surface area contributed by atoms with Gasteiger partial charge in [-0.1, -0.05) is 13.0 Å². The van der Waals surface area contributed by atoms with Crippen molar-refractivity contribution in [2.45, 2.75) is 19.8 Å². The van der Waals surface area contributed by atoms with Crippen LogP contribution in [0.1, 0.15) is 29.3 Å².